The maximum Gasteiger partial charge on any atom is 0.160 e. The molecule has 14 rings (SSSR count). The Hall–Kier alpha value is -9.00. The van der Waals surface area contributed by atoms with Gasteiger partial charge in [0.1, 0.15) is 0 Å². The Labute approximate surface area is 394 Å². The summed E-state index contributed by atoms with van der Waals surface area (Å²) in [6, 6.07) is 76.6. The first-order valence-electron chi connectivity index (χ1n) is 23.0. The van der Waals surface area contributed by atoms with E-state index in [1.807, 2.05) is 60.9 Å². The van der Waals surface area contributed by atoms with E-state index in [1.165, 1.54) is 33.4 Å². The minimum Gasteiger partial charge on any atom is -0.256 e. The highest BCUT2D eigenvalue weighted by molar-refractivity contribution is 5.78. The highest BCUT2D eigenvalue weighted by atomic mass is 14.9. The van der Waals surface area contributed by atoms with Crippen LogP contribution in [0, 0.1) is 0 Å². The zero-order valence-corrected chi connectivity index (χ0v) is 36.8. The van der Waals surface area contributed by atoms with Crippen LogP contribution in [0.1, 0.15) is 45.2 Å². The molecule has 0 aliphatic heterocycles. The molecule has 3 aliphatic rings. The molecule has 1 unspecified atom stereocenters. The molecule has 4 aromatic heterocycles. The minimum atomic E-state index is 0.0378. The second kappa shape index (κ2) is 16.5. The van der Waals surface area contributed by atoms with Gasteiger partial charge in [0.05, 0.1) is 34.2 Å². The molecule has 0 saturated heterocycles. The predicted octanol–water partition coefficient (Wildman–Crippen LogP) is 14.4. The molecule has 2 bridgehead atoms. The Balaban J connectivity index is 0.902. The van der Waals surface area contributed by atoms with Gasteiger partial charge in [-0.05, 0) is 81.9 Å². The lowest BCUT2D eigenvalue weighted by Gasteiger charge is -2.42. The molecule has 11 aromatic rings. The first kappa shape index (κ1) is 39.4. The largest absolute Gasteiger partial charge is 0.256 e. The molecule has 318 valence electrons. The van der Waals surface area contributed by atoms with Crippen molar-refractivity contribution in [1.29, 1.82) is 0 Å². The number of aromatic nitrogens is 6. The van der Waals surface area contributed by atoms with Crippen molar-refractivity contribution in [3.05, 3.63) is 264 Å². The number of hydrogen-bond donors (Lipinski definition) is 0. The zero-order chi connectivity index (χ0) is 45.0. The molecule has 0 fully saturated rings. The Kier molecular flexibility index (Phi) is 9.53. The molecule has 4 heterocycles. The van der Waals surface area contributed by atoms with Crippen LogP contribution < -0.4 is 0 Å². The molecule has 2 atom stereocenters. The smallest absolute Gasteiger partial charge is 0.160 e. The summed E-state index contributed by atoms with van der Waals surface area (Å²) in [5, 5.41) is 0. The van der Waals surface area contributed by atoms with Crippen molar-refractivity contribution in [2.24, 2.45) is 0 Å². The lowest BCUT2D eigenvalue weighted by molar-refractivity contribution is 0.754. The summed E-state index contributed by atoms with van der Waals surface area (Å²) in [4.78, 5) is 30.2. The van der Waals surface area contributed by atoms with Crippen molar-refractivity contribution in [1.82, 2.24) is 29.9 Å². The minimum absolute atomic E-state index is 0.0378. The van der Waals surface area contributed by atoms with Crippen molar-refractivity contribution in [2.75, 3.05) is 0 Å². The molecule has 3 aliphatic carbocycles. The number of benzene rings is 7. The van der Waals surface area contributed by atoms with Gasteiger partial charge in [-0.3, -0.25) is 9.97 Å². The maximum atomic E-state index is 5.28. The number of rotatable bonds is 8. The third kappa shape index (κ3) is 6.98. The Morgan fingerprint density at radius 2 is 0.529 bits per heavy atom. The van der Waals surface area contributed by atoms with Gasteiger partial charge in [0.25, 0.3) is 0 Å². The van der Waals surface area contributed by atoms with Gasteiger partial charge in [0.2, 0.25) is 0 Å². The lowest BCUT2D eigenvalue weighted by Crippen LogP contribution is -2.27. The van der Waals surface area contributed by atoms with Crippen LogP contribution >= 0.6 is 0 Å². The lowest BCUT2D eigenvalue weighted by atomic mass is 9.61. The van der Waals surface area contributed by atoms with Gasteiger partial charge in [-0.25, -0.2) is 19.9 Å². The number of pyridine rings is 2. The predicted molar refractivity (Wildman–Crippen MR) is 271 cm³/mol. The fraction of sp³-hybridized carbons (Fsp3) is 0.0323. The van der Waals surface area contributed by atoms with Crippen LogP contribution in [0.3, 0.4) is 0 Å². The van der Waals surface area contributed by atoms with E-state index in [0.29, 0.717) is 11.6 Å². The van der Waals surface area contributed by atoms with E-state index in [1.54, 1.807) is 0 Å². The topological polar surface area (TPSA) is 77.3 Å². The first-order chi connectivity index (χ1) is 33.7. The highest BCUT2D eigenvalue weighted by Crippen LogP contribution is 2.56. The number of nitrogens with zero attached hydrogens (tertiary/aromatic N) is 6. The maximum absolute atomic E-state index is 5.28. The average Bonchev–Trinajstić information content (AvgIpc) is 3.43. The second-order valence-electron chi connectivity index (χ2n) is 17.4. The highest BCUT2D eigenvalue weighted by Gasteiger charge is 2.41. The van der Waals surface area contributed by atoms with Crippen molar-refractivity contribution >= 4 is 0 Å². The standard InChI is InChI=1S/C62H40N6/c1-3-13-39(14-4-1)55-37-57(43-25-21-41(22-26-43)53-19-9-11-33-63-53)67-61(65-55)45-29-31-49-51(35-45)59-47-17-7-8-18-48(47)60(49)52-36-46(30-32-50(52)59)62-66-56(40-15-5-2-6-16-40)38-58(68-62)44-27-23-42(24-28-44)54-20-10-12-34-64-54/h1-38,59-60H/t59-,60?/m1/s1. The quantitative estimate of drug-likeness (QED) is 0.151. The van der Waals surface area contributed by atoms with Gasteiger partial charge in [-0.15, -0.1) is 0 Å². The fourth-order valence-corrected chi connectivity index (χ4v) is 10.1. The van der Waals surface area contributed by atoms with Gasteiger partial charge >= 0.3 is 0 Å². The van der Waals surface area contributed by atoms with Crippen molar-refractivity contribution in [3.63, 3.8) is 0 Å². The van der Waals surface area contributed by atoms with E-state index in [0.717, 1.165) is 78.7 Å². The van der Waals surface area contributed by atoms with Gasteiger partial charge in [-0.2, -0.15) is 0 Å². The SMILES string of the molecule is c1ccc(-c2cc(-c3ccc(-c4ccccn4)cc3)nc(-c3ccc4c(c3)C3c5ccccc5[C@H]4c4cc(-c5nc(-c6ccccc6)cc(-c6ccc(-c7ccccn7)cc6)n5)ccc43)n2)cc1. The molecule has 7 aromatic carbocycles. The van der Waals surface area contributed by atoms with Crippen molar-refractivity contribution in [3.8, 4) is 90.3 Å². The average molecular weight is 869 g/mol. The van der Waals surface area contributed by atoms with Crippen LogP contribution in [0.25, 0.3) is 90.3 Å². The molecule has 0 amide bonds. The molecule has 0 radical (unpaired) electrons. The van der Waals surface area contributed by atoms with Crippen LogP contribution in [0.2, 0.25) is 0 Å². The van der Waals surface area contributed by atoms with Crippen molar-refractivity contribution < 1.29 is 0 Å². The Bertz CT molecular complexity index is 3410. The second-order valence-corrected chi connectivity index (χ2v) is 17.4. The Morgan fingerprint density at radius 1 is 0.221 bits per heavy atom. The molecule has 6 nitrogen and oxygen atoms in total. The summed E-state index contributed by atoms with van der Waals surface area (Å²) in [5.41, 5.74) is 21.5. The first-order valence-corrected chi connectivity index (χ1v) is 23.0. The fourth-order valence-electron chi connectivity index (χ4n) is 10.1. The van der Waals surface area contributed by atoms with Crippen LogP contribution in [0.15, 0.2) is 231 Å². The number of hydrogen-bond acceptors (Lipinski definition) is 6. The molecular weight excluding hydrogens is 829 g/mol. The summed E-state index contributed by atoms with van der Waals surface area (Å²) < 4.78 is 0. The monoisotopic (exact) mass is 868 g/mol. The summed E-state index contributed by atoms with van der Waals surface area (Å²) in [6.45, 7) is 0. The third-order valence-corrected chi connectivity index (χ3v) is 13.4. The third-order valence-electron chi connectivity index (χ3n) is 13.4. The summed E-state index contributed by atoms with van der Waals surface area (Å²) in [6.07, 6.45) is 3.65. The van der Waals surface area contributed by atoms with Gasteiger partial charge in [0, 0.05) is 68.7 Å². The normalized spacial score (nSPS) is 14.2. The van der Waals surface area contributed by atoms with E-state index in [-0.39, 0.29) is 11.8 Å². The molecule has 68 heavy (non-hydrogen) atoms. The van der Waals surface area contributed by atoms with Gasteiger partial charge in [0.15, 0.2) is 11.6 Å². The molecule has 6 heteroatoms. The molecule has 0 N–H and O–H groups in total. The molecule has 0 saturated carbocycles. The summed E-state index contributed by atoms with van der Waals surface area (Å²) in [5.74, 6) is 1.47. The van der Waals surface area contributed by atoms with Gasteiger partial charge < -0.3 is 0 Å². The van der Waals surface area contributed by atoms with E-state index in [9.17, 15) is 0 Å². The Morgan fingerprint density at radius 3 is 0.897 bits per heavy atom. The van der Waals surface area contributed by atoms with E-state index < -0.39 is 0 Å². The van der Waals surface area contributed by atoms with Crippen LogP contribution in [0.5, 0.6) is 0 Å². The van der Waals surface area contributed by atoms with Crippen LogP contribution in [-0.2, 0) is 0 Å². The molecular formula is C62H40N6. The van der Waals surface area contributed by atoms with E-state index >= 15 is 0 Å². The van der Waals surface area contributed by atoms with Gasteiger partial charge in [-0.1, -0.05) is 170 Å². The zero-order valence-electron chi connectivity index (χ0n) is 36.8. The molecule has 0 spiro atoms. The van der Waals surface area contributed by atoms with E-state index in [4.69, 9.17) is 19.9 Å². The van der Waals surface area contributed by atoms with E-state index in [2.05, 4.69) is 180 Å². The van der Waals surface area contributed by atoms with Crippen LogP contribution in [0.4, 0.5) is 0 Å². The summed E-state index contributed by atoms with van der Waals surface area (Å²) >= 11 is 0. The van der Waals surface area contributed by atoms with Crippen molar-refractivity contribution in [2.45, 2.75) is 11.8 Å². The van der Waals surface area contributed by atoms with Crippen LogP contribution in [-0.4, -0.2) is 29.9 Å². The summed E-state index contributed by atoms with van der Waals surface area (Å²) in [7, 11) is 0.